The number of amides is 1. The summed E-state index contributed by atoms with van der Waals surface area (Å²) in [5.41, 5.74) is 2.71. The topological polar surface area (TPSA) is 58.2 Å². The van der Waals surface area contributed by atoms with E-state index in [1.54, 1.807) is 12.1 Å². The molecular formula is C14H10N2O2. The van der Waals surface area contributed by atoms with Crippen molar-refractivity contribution in [3.8, 4) is 0 Å². The van der Waals surface area contributed by atoms with Gasteiger partial charge in [-0.05, 0) is 30.3 Å². The lowest BCUT2D eigenvalue weighted by atomic mass is 10.1. The first-order valence-electron chi connectivity index (χ1n) is 5.56. The fourth-order valence-corrected chi connectivity index (χ4v) is 1.91. The van der Waals surface area contributed by atoms with Gasteiger partial charge in [0.25, 0.3) is 11.7 Å². The lowest BCUT2D eigenvalue weighted by Gasteiger charge is -2.07. The minimum atomic E-state index is -0.568. The van der Waals surface area contributed by atoms with E-state index < -0.39 is 11.7 Å². The summed E-state index contributed by atoms with van der Waals surface area (Å²) in [7, 11) is 0. The van der Waals surface area contributed by atoms with Crippen molar-refractivity contribution < 1.29 is 9.59 Å². The van der Waals surface area contributed by atoms with Crippen molar-refractivity contribution in [3.63, 3.8) is 0 Å². The number of rotatable bonds is 2. The molecule has 1 amide bonds. The first-order chi connectivity index (χ1) is 8.74. The Kier molecular flexibility index (Phi) is 2.34. The second kappa shape index (κ2) is 4.00. The van der Waals surface area contributed by atoms with Crippen LogP contribution in [0, 0.1) is 0 Å². The third-order valence-corrected chi connectivity index (χ3v) is 2.78. The molecule has 0 spiro atoms. The van der Waals surface area contributed by atoms with Gasteiger partial charge < -0.3 is 10.6 Å². The molecule has 4 nitrogen and oxygen atoms in total. The summed E-state index contributed by atoms with van der Waals surface area (Å²) in [6.07, 6.45) is 0. The van der Waals surface area contributed by atoms with Gasteiger partial charge in [-0.1, -0.05) is 18.2 Å². The molecule has 3 rings (SSSR count). The lowest BCUT2D eigenvalue weighted by Crippen LogP contribution is -2.12. The highest BCUT2D eigenvalue weighted by Gasteiger charge is 2.27. The highest BCUT2D eigenvalue weighted by Crippen LogP contribution is 2.27. The molecule has 0 aromatic heterocycles. The van der Waals surface area contributed by atoms with Crippen LogP contribution in [0.1, 0.15) is 10.4 Å². The highest BCUT2D eigenvalue weighted by molar-refractivity contribution is 6.51. The van der Waals surface area contributed by atoms with Crippen molar-refractivity contribution in [1.29, 1.82) is 0 Å². The van der Waals surface area contributed by atoms with Gasteiger partial charge in [-0.15, -0.1) is 0 Å². The predicted molar refractivity (Wildman–Crippen MR) is 69.1 cm³/mol. The second-order valence-corrected chi connectivity index (χ2v) is 4.03. The molecule has 88 valence electrons. The van der Waals surface area contributed by atoms with Crippen molar-refractivity contribution >= 4 is 28.8 Å². The predicted octanol–water partition coefficient (Wildman–Crippen LogP) is 2.57. The first-order valence-corrected chi connectivity index (χ1v) is 5.56. The van der Waals surface area contributed by atoms with Gasteiger partial charge in [-0.2, -0.15) is 0 Å². The normalized spacial score (nSPS) is 13.1. The van der Waals surface area contributed by atoms with Crippen LogP contribution in [0.15, 0.2) is 48.5 Å². The number of nitrogens with one attached hydrogen (secondary N) is 2. The van der Waals surface area contributed by atoms with Crippen LogP contribution in [0.25, 0.3) is 0 Å². The molecule has 0 radical (unpaired) electrons. The lowest BCUT2D eigenvalue weighted by molar-refractivity contribution is -0.112. The van der Waals surface area contributed by atoms with E-state index in [0.29, 0.717) is 11.3 Å². The van der Waals surface area contributed by atoms with Crippen LogP contribution in [0.4, 0.5) is 17.1 Å². The van der Waals surface area contributed by atoms with Crippen LogP contribution in [-0.4, -0.2) is 11.7 Å². The van der Waals surface area contributed by atoms with Crippen LogP contribution in [0.2, 0.25) is 0 Å². The van der Waals surface area contributed by atoms with Crippen LogP contribution >= 0.6 is 0 Å². The highest BCUT2D eigenvalue weighted by atomic mass is 16.2. The number of anilines is 3. The number of ketones is 1. The van der Waals surface area contributed by atoms with E-state index in [4.69, 9.17) is 0 Å². The number of carbonyl (C=O) groups excluding carboxylic acids is 2. The molecule has 0 saturated heterocycles. The molecule has 2 aromatic rings. The molecule has 1 aliphatic heterocycles. The van der Waals surface area contributed by atoms with Crippen LogP contribution in [-0.2, 0) is 4.79 Å². The Hall–Kier alpha value is -2.62. The number of fused-ring (bicyclic) bond motifs is 1. The molecule has 1 heterocycles. The summed E-state index contributed by atoms with van der Waals surface area (Å²) in [6, 6.07) is 14.9. The quantitative estimate of drug-likeness (QED) is 0.790. The maximum absolute atomic E-state index is 11.6. The van der Waals surface area contributed by atoms with E-state index in [1.807, 2.05) is 36.4 Å². The van der Waals surface area contributed by atoms with Gasteiger partial charge in [0.1, 0.15) is 0 Å². The van der Waals surface area contributed by atoms with E-state index in [-0.39, 0.29) is 0 Å². The maximum Gasteiger partial charge on any atom is 0.296 e. The molecular weight excluding hydrogens is 228 g/mol. The molecule has 0 atom stereocenters. The second-order valence-electron chi connectivity index (χ2n) is 4.03. The molecule has 0 unspecified atom stereocenters. The van der Waals surface area contributed by atoms with Gasteiger partial charge in [0.2, 0.25) is 0 Å². The number of Topliss-reactive ketones (excluding diaryl/α,β-unsaturated/α-hetero) is 1. The summed E-state index contributed by atoms with van der Waals surface area (Å²) < 4.78 is 0. The van der Waals surface area contributed by atoms with Crippen molar-refractivity contribution in [2.24, 2.45) is 0 Å². The van der Waals surface area contributed by atoms with Gasteiger partial charge in [0.15, 0.2) is 0 Å². The monoisotopic (exact) mass is 238 g/mol. The first kappa shape index (κ1) is 10.5. The zero-order valence-corrected chi connectivity index (χ0v) is 9.44. The number of hydrogen-bond donors (Lipinski definition) is 2. The van der Waals surface area contributed by atoms with Gasteiger partial charge in [0, 0.05) is 11.4 Å². The molecule has 0 bridgehead atoms. The van der Waals surface area contributed by atoms with Crippen molar-refractivity contribution in [1.82, 2.24) is 0 Å². The van der Waals surface area contributed by atoms with E-state index in [2.05, 4.69) is 10.6 Å². The summed E-state index contributed by atoms with van der Waals surface area (Å²) in [6.45, 7) is 0. The fraction of sp³-hybridized carbons (Fsp3) is 0. The Morgan fingerprint density at radius 3 is 2.44 bits per heavy atom. The molecule has 2 aromatic carbocycles. The van der Waals surface area contributed by atoms with Gasteiger partial charge in [-0.3, -0.25) is 9.59 Å². The van der Waals surface area contributed by atoms with Crippen molar-refractivity contribution in [2.75, 3.05) is 10.6 Å². The standard InChI is InChI=1S/C14H10N2O2/c17-13-11-8-10(6-7-12(11)16-14(13)18)15-9-4-2-1-3-5-9/h1-8,15H,(H,16,17,18). The SMILES string of the molecule is O=C1Nc2ccc(Nc3ccccc3)cc2C1=O. The number of hydrogen-bond acceptors (Lipinski definition) is 3. The van der Waals surface area contributed by atoms with Crippen LogP contribution in [0.3, 0.4) is 0 Å². The smallest absolute Gasteiger partial charge is 0.296 e. The maximum atomic E-state index is 11.6. The van der Waals surface area contributed by atoms with E-state index >= 15 is 0 Å². The summed E-state index contributed by atoms with van der Waals surface area (Å²) in [5, 5.41) is 5.70. The number of para-hydroxylation sites is 1. The number of benzene rings is 2. The molecule has 0 saturated carbocycles. The molecule has 1 aliphatic rings. The molecule has 0 fully saturated rings. The van der Waals surface area contributed by atoms with Gasteiger partial charge in [0.05, 0.1) is 11.3 Å². The molecule has 2 N–H and O–H groups in total. The minimum Gasteiger partial charge on any atom is -0.356 e. The summed E-state index contributed by atoms with van der Waals surface area (Å²) in [5.74, 6) is -1.05. The van der Waals surface area contributed by atoms with Crippen LogP contribution < -0.4 is 10.6 Å². The zero-order valence-electron chi connectivity index (χ0n) is 9.44. The van der Waals surface area contributed by atoms with Crippen molar-refractivity contribution in [2.45, 2.75) is 0 Å². The largest absolute Gasteiger partial charge is 0.356 e. The molecule has 0 aliphatic carbocycles. The average Bonchev–Trinajstić information content (AvgIpc) is 2.67. The minimum absolute atomic E-state index is 0.418. The number of carbonyl (C=O) groups is 2. The average molecular weight is 238 g/mol. The summed E-state index contributed by atoms with van der Waals surface area (Å²) in [4.78, 5) is 22.8. The Balaban J connectivity index is 1.92. The Morgan fingerprint density at radius 2 is 1.67 bits per heavy atom. The third kappa shape index (κ3) is 1.73. The van der Waals surface area contributed by atoms with Gasteiger partial charge >= 0.3 is 0 Å². The Bertz CT molecular complexity index is 635. The third-order valence-electron chi connectivity index (χ3n) is 2.78. The van der Waals surface area contributed by atoms with E-state index in [0.717, 1.165) is 11.4 Å². The molecule has 4 heteroatoms. The fourth-order valence-electron chi connectivity index (χ4n) is 1.91. The van der Waals surface area contributed by atoms with E-state index in [1.165, 1.54) is 0 Å². The molecule has 18 heavy (non-hydrogen) atoms. The summed E-state index contributed by atoms with van der Waals surface area (Å²) >= 11 is 0. The zero-order chi connectivity index (χ0) is 12.5. The Morgan fingerprint density at radius 1 is 0.889 bits per heavy atom. The van der Waals surface area contributed by atoms with Crippen molar-refractivity contribution in [3.05, 3.63) is 54.1 Å². The van der Waals surface area contributed by atoms with E-state index in [9.17, 15) is 9.59 Å². The van der Waals surface area contributed by atoms with Gasteiger partial charge in [-0.25, -0.2) is 0 Å². The Labute approximate surface area is 104 Å². The van der Waals surface area contributed by atoms with Crippen LogP contribution in [0.5, 0.6) is 0 Å².